The van der Waals surface area contributed by atoms with Crippen molar-refractivity contribution in [2.75, 3.05) is 46.5 Å². The molecule has 0 amide bonds. The first kappa shape index (κ1) is 21.4. The van der Waals surface area contributed by atoms with Crippen LogP contribution in [0.25, 0.3) is 0 Å². The maximum Gasteiger partial charge on any atom is 0.191 e. The largest absolute Gasteiger partial charge is 0.491 e. The Balaban J connectivity index is 1.86. The van der Waals surface area contributed by atoms with Crippen molar-refractivity contribution in [3.63, 3.8) is 0 Å². The highest BCUT2D eigenvalue weighted by atomic mass is 19.1. The van der Waals surface area contributed by atoms with Crippen molar-refractivity contribution in [1.29, 1.82) is 0 Å². The summed E-state index contributed by atoms with van der Waals surface area (Å²) in [4.78, 5) is 6.75. The van der Waals surface area contributed by atoms with Gasteiger partial charge in [0.15, 0.2) is 17.5 Å². The molecule has 0 saturated carbocycles. The maximum atomic E-state index is 14.0. The minimum Gasteiger partial charge on any atom is -0.491 e. The topological polar surface area (TPSA) is 58.1 Å². The summed E-state index contributed by atoms with van der Waals surface area (Å²) in [7, 11) is 1.74. The van der Waals surface area contributed by atoms with Gasteiger partial charge in [0.2, 0.25) is 0 Å². The molecular weight excluding hydrogens is 347 g/mol. The predicted octanol–water partition coefficient (Wildman–Crippen LogP) is 2.25. The molecule has 1 aliphatic rings. The highest BCUT2D eigenvalue weighted by Gasteiger charge is 2.23. The molecule has 1 aromatic carbocycles. The molecule has 0 radical (unpaired) electrons. The second kappa shape index (κ2) is 11.1. The fourth-order valence-corrected chi connectivity index (χ4v) is 3.23. The number of hydrogen-bond donors (Lipinski definition) is 2. The molecule has 1 aromatic rings. The minimum atomic E-state index is -0.341. The Morgan fingerprint density at radius 1 is 1.30 bits per heavy atom. The van der Waals surface area contributed by atoms with Crippen LogP contribution in [-0.2, 0) is 11.3 Å². The molecule has 2 rings (SSSR count). The third-order valence-corrected chi connectivity index (χ3v) is 4.74. The minimum absolute atomic E-state index is 0.286. The van der Waals surface area contributed by atoms with Gasteiger partial charge in [0.05, 0.1) is 19.8 Å². The fraction of sp³-hybridized carbons (Fsp3) is 0.650. The van der Waals surface area contributed by atoms with Gasteiger partial charge in [-0.1, -0.05) is 19.9 Å². The Morgan fingerprint density at radius 2 is 2.04 bits per heavy atom. The van der Waals surface area contributed by atoms with Gasteiger partial charge in [0.1, 0.15) is 0 Å². The van der Waals surface area contributed by atoms with Crippen molar-refractivity contribution in [2.24, 2.45) is 10.9 Å². The number of hydrogen-bond acceptors (Lipinski definition) is 4. The van der Waals surface area contributed by atoms with Gasteiger partial charge in [-0.3, -0.25) is 9.89 Å². The van der Waals surface area contributed by atoms with E-state index in [0.29, 0.717) is 31.1 Å². The smallest absolute Gasteiger partial charge is 0.191 e. The van der Waals surface area contributed by atoms with Gasteiger partial charge in [0, 0.05) is 39.3 Å². The Bertz CT molecular complexity index is 604. The number of aliphatic imine (C=N–C) groups is 1. The number of ether oxygens (including phenoxy) is 2. The molecular formula is C20H33FN4O2. The average molecular weight is 381 g/mol. The van der Waals surface area contributed by atoms with Crippen LogP contribution in [0.1, 0.15) is 26.3 Å². The Kier molecular flexibility index (Phi) is 8.81. The summed E-state index contributed by atoms with van der Waals surface area (Å²) in [5.74, 6) is 1.18. The van der Waals surface area contributed by atoms with Gasteiger partial charge >= 0.3 is 0 Å². The molecule has 1 saturated heterocycles. The van der Waals surface area contributed by atoms with Crippen molar-refractivity contribution >= 4 is 5.96 Å². The Morgan fingerprint density at radius 3 is 2.63 bits per heavy atom. The van der Waals surface area contributed by atoms with Gasteiger partial charge in [-0.25, -0.2) is 4.39 Å². The van der Waals surface area contributed by atoms with Crippen LogP contribution in [0, 0.1) is 11.7 Å². The zero-order valence-corrected chi connectivity index (χ0v) is 16.9. The summed E-state index contributed by atoms with van der Waals surface area (Å²) in [6, 6.07) is 5.43. The quantitative estimate of drug-likeness (QED) is 0.535. The van der Waals surface area contributed by atoms with E-state index in [1.54, 1.807) is 13.1 Å². The molecule has 1 unspecified atom stereocenters. The first-order valence-corrected chi connectivity index (χ1v) is 9.72. The normalized spacial score (nSPS) is 17.0. The first-order valence-electron chi connectivity index (χ1n) is 9.72. The van der Waals surface area contributed by atoms with Crippen LogP contribution in [0.3, 0.4) is 0 Å². The third-order valence-electron chi connectivity index (χ3n) is 4.74. The zero-order valence-electron chi connectivity index (χ0n) is 16.9. The predicted molar refractivity (Wildman–Crippen MR) is 107 cm³/mol. The highest BCUT2D eigenvalue weighted by molar-refractivity contribution is 5.79. The number of rotatable bonds is 8. The second-order valence-corrected chi connectivity index (χ2v) is 6.96. The molecule has 0 bridgehead atoms. The van der Waals surface area contributed by atoms with Crippen LogP contribution in [0.4, 0.5) is 4.39 Å². The highest BCUT2D eigenvalue weighted by Crippen LogP contribution is 2.18. The van der Waals surface area contributed by atoms with E-state index in [2.05, 4.69) is 34.4 Å². The van der Waals surface area contributed by atoms with Crippen molar-refractivity contribution in [3.8, 4) is 5.75 Å². The number of nitrogens with one attached hydrogen (secondary N) is 2. The van der Waals surface area contributed by atoms with Crippen LogP contribution >= 0.6 is 0 Å². The van der Waals surface area contributed by atoms with Crippen LogP contribution in [0.2, 0.25) is 0 Å². The molecule has 27 heavy (non-hydrogen) atoms. The number of nitrogens with zero attached hydrogens (tertiary/aromatic N) is 2. The van der Waals surface area contributed by atoms with Crippen LogP contribution in [0.5, 0.6) is 5.75 Å². The van der Waals surface area contributed by atoms with E-state index in [9.17, 15) is 4.39 Å². The van der Waals surface area contributed by atoms with Crippen LogP contribution in [-0.4, -0.2) is 63.4 Å². The van der Waals surface area contributed by atoms with E-state index in [1.165, 1.54) is 6.07 Å². The van der Waals surface area contributed by atoms with Gasteiger partial charge in [-0.15, -0.1) is 0 Å². The van der Waals surface area contributed by atoms with Crippen LogP contribution < -0.4 is 15.4 Å². The Hall–Kier alpha value is -1.86. The lowest BCUT2D eigenvalue weighted by molar-refractivity contribution is 0.00752. The first-order chi connectivity index (χ1) is 13.0. The Labute approximate surface area is 162 Å². The van der Waals surface area contributed by atoms with Crippen molar-refractivity contribution in [1.82, 2.24) is 15.5 Å². The van der Waals surface area contributed by atoms with E-state index in [0.717, 1.165) is 38.4 Å². The lowest BCUT2D eigenvalue weighted by Gasteiger charge is -2.37. The number of halogens is 1. The van der Waals surface area contributed by atoms with Gasteiger partial charge in [-0.2, -0.15) is 0 Å². The molecule has 0 spiro atoms. The SMILES string of the molecule is CCOc1ccc(CNC(=NC)NCC(C(C)C)N2CCOCC2)cc1F. The van der Waals surface area contributed by atoms with E-state index >= 15 is 0 Å². The summed E-state index contributed by atoms with van der Waals surface area (Å²) in [5, 5.41) is 6.65. The molecule has 2 N–H and O–H groups in total. The summed E-state index contributed by atoms with van der Waals surface area (Å²) in [6.45, 7) is 11.6. The average Bonchev–Trinajstić information content (AvgIpc) is 2.67. The number of guanidine groups is 1. The van der Waals surface area contributed by atoms with E-state index < -0.39 is 0 Å². The van der Waals surface area contributed by atoms with E-state index in [4.69, 9.17) is 9.47 Å². The summed E-state index contributed by atoms with van der Waals surface area (Å²) in [6.07, 6.45) is 0. The van der Waals surface area contributed by atoms with Gasteiger partial charge < -0.3 is 20.1 Å². The second-order valence-electron chi connectivity index (χ2n) is 6.96. The van der Waals surface area contributed by atoms with Crippen molar-refractivity contribution in [3.05, 3.63) is 29.6 Å². The molecule has 1 atom stereocenters. The lowest BCUT2D eigenvalue weighted by atomic mass is 10.0. The molecule has 1 fully saturated rings. The van der Waals surface area contributed by atoms with Crippen molar-refractivity contribution < 1.29 is 13.9 Å². The summed E-state index contributed by atoms with van der Waals surface area (Å²) >= 11 is 0. The molecule has 1 heterocycles. The summed E-state index contributed by atoms with van der Waals surface area (Å²) < 4.78 is 24.7. The lowest BCUT2D eigenvalue weighted by Crippen LogP contribution is -2.52. The zero-order chi connectivity index (χ0) is 19.6. The number of morpholine rings is 1. The summed E-state index contributed by atoms with van der Waals surface area (Å²) in [5.41, 5.74) is 0.840. The fourth-order valence-electron chi connectivity index (χ4n) is 3.23. The molecule has 1 aliphatic heterocycles. The third kappa shape index (κ3) is 6.66. The maximum absolute atomic E-state index is 14.0. The molecule has 0 aromatic heterocycles. The molecule has 7 heteroatoms. The van der Waals surface area contributed by atoms with Crippen molar-refractivity contribution in [2.45, 2.75) is 33.4 Å². The standard InChI is InChI=1S/C20H33FN4O2/c1-5-27-19-7-6-16(12-17(19)21)13-23-20(22-4)24-14-18(15(2)3)25-8-10-26-11-9-25/h6-7,12,15,18H,5,8-11,13-14H2,1-4H3,(H2,22,23,24). The van der Waals surface area contributed by atoms with E-state index in [1.807, 2.05) is 13.0 Å². The van der Waals surface area contributed by atoms with E-state index in [-0.39, 0.29) is 11.6 Å². The molecule has 152 valence electrons. The monoisotopic (exact) mass is 380 g/mol. The molecule has 6 nitrogen and oxygen atoms in total. The molecule has 0 aliphatic carbocycles. The van der Waals surface area contributed by atoms with Crippen LogP contribution in [0.15, 0.2) is 23.2 Å². The number of benzene rings is 1. The van der Waals surface area contributed by atoms with Gasteiger partial charge in [0.25, 0.3) is 0 Å². The van der Waals surface area contributed by atoms with Gasteiger partial charge in [-0.05, 0) is 30.5 Å².